The molecule has 178 valence electrons. The van der Waals surface area contributed by atoms with Gasteiger partial charge in [0.2, 0.25) is 0 Å². The van der Waals surface area contributed by atoms with Gasteiger partial charge in [-0.15, -0.1) is 5.06 Å². The third kappa shape index (κ3) is 5.16. The number of rotatable bonds is 9. The molecule has 0 N–H and O–H groups in total. The predicted octanol–water partition coefficient (Wildman–Crippen LogP) is 3.63. The first-order valence-electron chi connectivity index (χ1n) is 10.6. The van der Waals surface area contributed by atoms with E-state index in [1.165, 1.54) is 30.3 Å². The fourth-order valence-corrected chi connectivity index (χ4v) is 4.55. The van der Waals surface area contributed by atoms with Gasteiger partial charge in [-0.2, -0.15) is 13.7 Å². The first kappa shape index (κ1) is 23.9. The summed E-state index contributed by atoms with van der Waals surface area (Å²) in [7, 11) is -4.23. The van der Waals surface area contributed by atoms with Crippen LogP contribution < -0.4 is 8.92 Å². The number of nitrogens with zero attached hydrogens (tertiary/aromatic N) is 2. The van der Waals surface area contributed by atoms with Gasteiger partial charge in [0.15, 0.2) is 0 Å². The van der Waals surface area contributed by atoms with Gasteiger partial charge < -0.3 is 8.92 Å². The van der Waals surface area contributed by atoms with Crippen LogP contribution in [-0.4, -0.2) is 38.5 Å². The largest absolute Gasteiger partial charge is 0.493 e. The summed E-state index contributed by atoms with van der Waals surface area (Å²) in [6, 6.07) is 18.7. The van der Waals surface area contributed by atoms with Crippen molar-refractivity contribution in [2.24, 2.45) is 0 Å². The molecule has 1 heterocycles. The summed E-state index contributed by atoms with van der Waals surface area (Å²) in [5, 5.41) is 9.92. The number of fused-ring (bicyclic) bond motifs is 1. The van der Waals surface area contributed by atoms with Crippen LogP contribution in [0.1, 0.15) is 38.3 Å². The number of amides is 2. The highest BCUT2D eigenvalue weighted by Gasteiger charge is 2.36. The van der Waals surface area contributed by atoms with Gasteiger partial charge in [0, 0.05) is 12.5 Å². The number of nitriles is 1. The molecule has 3 aromatic rings. The van der Waals surface area contributed by atoms with Crippen molar-refractivity contribution in [3.63, 3.8) is 0 Å². The SMILES string of the molecule is Cc1cc(OCCCON2C(=O)c3ccccc3C2=O)cc(OS(=O)(=O)c2ccccc2C#N)c1. The summed E-state index contributed by atoms with van der Waals surface area (Å²) in [5.74, 6) is -0.614. The van der Waals surface area contributed by atoms with Crippen molar-refractivity contribution in [1.29, 1.82) is 5.26 Å². The summed E-state index contributed by atoms with van der Waals surface area (Å²) in [6.45, 7) is 1.98. The molecule has 0 saturated carbocycles. The fraction of sp³-hybridized carbons (Fsp3) is 0.160. The molecule has 0 spiro atoms. The van der Waals surface area contributed by atoms with Crippen molar-refractivity contribution in [2.45, 2.75) is 18.2 Å². The standard InChI is InChI=1S/C25H20N2O7S/c1-17-13-19(15-20(14-17)34-35(30,31)23-10-5-2-7-18(23)16-26)32-11-6-12-33-27-24(28)21-8-3-4-9-22(21)25(27)29/h2-5,7-10,13-15H,6,11-12H2,1H3. The molecular formula is C25H20N2O7S. The molecule has 0 saturated heterocycles. The number of hydroxylamine groups is 2. The molecule has 35 heavy (non-hydrogen) atoms. The number of carbonyl (C=O) groups excluding carboxylic acids is 2. The summed E-state index contributed by atoms with van der Waals surface area (Å²) in [4.78, 5) is 29.7. The van der Waals surface area contributed by atoms with E-state index in [9.17, 15) is 23.3 Å². The Morgan fingerprint density at radius 1 is 0.886 bits per heavy atom. The summed E-state index contributed by atoms with van der Waals surface area (Å²) in [6.07, 6.45) is 0.353. The van der Waals surface area contributed by atoms with Crippen LogP contribution >= 0.6 is 0 Å². The average Bonchev–Trinajstić information content (AvgIpc) is 3.08. The molecule has 2 amide bonds. The van der Waals surface area contributed by atoms with Gasteiger partial charge >= 0.3 is 10.1 Å². The zero-order valence-corrected chi connectivity index (χ0v) is 19.4. The lowest BCUT2D eigenvalue weighted by atomic mass is 10.1. The third-order valence-corrected chi connectivity index (χ3v) is 6.35. The summed E-state index contributed by atoms with van der Waals surface area (Å²) in [5.41, 5.74) is 1.28. The van der Waals surface area contributed by atoms with Gasteiger partial charge in [-0.3, -0.25) is 14.4 Å². The van der Waals surface area contributed by atoms with E-state index in [2.05, 4.69) is 0 Å². The molecular weight excluding hydrogens is 472 g/mol. The van der Waals surface area contributed by atoms with E-state index in [1.54, 1.807) is 43.3 Å². The Morgan fingerprint density at radius 3 is 2.20 bits per heavy atom. The Morgan fingerprint density at radius 2 is 1.51 bits per heavy atom. The Balaban J connectivity index is 1.33. The van der Waals surface area contributed by atoms with Gasteiger partial charge in [-0.25, -0.2) is 0 Å². The van der Waals surface area contributed by atoms with Crippen LogP contribution in [0, 0.1) is 18.3 Å². The Bertz CT molecular complexity index is 1410. The minimum absolute atomic E-state index is 0.0188. The molecule has 0 unspecified atom stereocenters. The second-order valence-corrected chi connectivity index (χ2v) is 9.13. The van der Waals surface area contributed by atoms with E-state index in [-0.39, 0.29) is 29.4 Å². The van der Waals surface area contributed by atoms with Gasteiger partial charge in [-0.1, -0.05) is 24.3 Å². The molecule has 0 atom stereocenters. The van der Waals surface area contributed by atoms with Crippen LogP contribution in [0.15, 0.2) is 71.6 Å². The van der Waals surface area contributed by atoms with Gasteiger partial charge in [0.1, 0.15) is 22.5 Å². The maximum atomic E-state index is 12.7. The number of imide groups is 1. The summed E-state index contributed by atoms with van der Waals surface area (Å²) < 4.78 is 36.3. The van der Waals surface area contributed by atoms with Crippen LogP contribution in [0.3, 0.4) is 0 Å². The van der Waals surface area contributed by atoms with E-state index in [1.807, 2.05) is 6.07 Å². The highest BCUT2D eigenvalue weighted by molar-refractivity contribution is 7.87. The number of hydrogen-bond acceptors (Lipinski definition) is 8. The summed E-state index contributed by atoms with van der Waals surface area (Å²) >= 11 is 0. The second kappa shape index (κ2) is 9.97. The number of carbonyl (C=O) groups is 2. The Labute approximate surface area is 202 Å². The van der Waals surface area contributed by atoms with Crippen LogP contribution in [0.25, 0.3) is 0 Å². The monoisotopic (exact) mass is 492 g/mol. The van der Waals surface area contributed by atoms with E-state index in [0.29, 0.717) is 28.9 Å². The van der Waals surface area contributed by atoms with Crippen molar-refractivity contribution in [1.82, 2.24) is 5.06 Å². The predicted molar refractivity (Wildman–Crippen MR) is 123 cm³/mol. The smallest absolute Gasteiger partial charge is 0.340 e. The first-order valence-corrected chi connectivity index (χ1v) is 12.0. The third-order valence-electron chi connectivity index (χ3n) is 5.04. The zero-order valence-electron chi connectivity index (χ0n) is 18.6. The minimum atomic E-state index is -4.23. The molecule has 0 aliphatic carbocycles. The van der Waals surface area contributed by atoms with E-state index < -0.39 is 21.9 Å². The van der Waals surface area contributed by atoms with Crippen molar-refractivity contribution >= 4 is 21.9 Å². The Hall–Kier alpha value is -4.20. The zero-order chi connectivity index (χ0) is 25.0. The maximum Gasteiger partial charge on any atom is 0.340 e. The molecule has 4 rings (SSSR count). The highest BCUT2D eigenvalue weighted by atomic mass is 32.2. The van der Waals surface area contributed by atoms with E-state index in [4.69, 9.17) is 13.8 Å². The molecule has 10 heteroatoms. The van der Waals surface area contributed by atoms with Crippen molar-refractivity contribution in [3.8, 4) is 17.6 Å². The van der Waals surface area contributed by atoms with E-state index in [0.717, 1.165) is 5.06 Å². The molecule has 0 aromatic heterocycles. The van der Waals surface area contributed by atoms with Gasteiger partial charge in [0.25, 0.3) is 11.8 Å². The highest BCUT2D eigenvalue weighted by Crippen LogP contribution is 2.27. The van der Waals surface area contributed by atoms with Crippen LogP contribution in [0.5, 0.6) is 11.5 Å². The van der Waals surface area contributed by atoms with Crippen LogP contribution in [0.4, 0.5) is 0 Å². The Kier molecular flexibility index (Phi) is 6.82. The van der Waals surface area contributed by atoms with Crippen molar-refractivity contribution in [2.75, 3.05) is 13.2 Å². The van der Waals surface area contributed by atoms with Crippen molar-refractivity contribution < 1.29 is 31.8 Å². The molecule has 9 nitrogen and oxygen atoms in total. The number of benzene rings is 3. The fourth-order valence-electron chi connectivity index (χ4n) is 3.48. The lowest BCUT2D eigenvalue weighted by molar-refractivity contribution is -0.0935. The molecule has 1 aliphatic rings. The second-order valence-electron chi connectivity index (χ2n) is 7.61. The van der Waals surface area contributed by atoms with E-state index >= 15 is 0 Å². The number of ether oxygens (including phenoxy) is 1. The number of aryl methyl sites for hydroxylation is 1. The van der Waals surface area contributed by atoms with Crippen LogP contribution in [0.2, 0.25) is 0 Å². The maximum absolute atomic E-state index is 12.7. The molecule has 0 bridgehead atoms. The first-order chi connectivity index (χ1) is 16.8. The van der Waals surface area contributed by atoms with Crippen LogP contribution in [-0.2, 0) is 15.0 Å². The lowest BCUT2D eigenvalue weighted by Gasteiger charge is -2.14. The number of hydrogen-bond donors (Lipinski definition) is 0. The normalized spacial score (nSPS) is 12.9. The average molecular weight is 493 g/mol. The van der Waals surface area contributed by atoms with Gasteiger partial charge in [0.05, 0.1) is 29.9 Å². The van der Waals surface area contributed by atoms with Gasteiger partial charge in [-0.05, 0) is 48.9 Å². The topological polar surface area (TPSA) is 123 Å². The minimum Gasteiger partial charge on any atom is -0.493 e. The lowest BCUT2D eigenvalue weighted by Crippen LogP contribution is -2.30. The molecule has 1 aliphatic heterocycles. The molecule has 0 fully saturated rings. The molecule has 3 aromatic carbocycles. The quantitative estimate of drug-likeness (QED) is 0.252. The molecule has 0 radical (unpaired) electrons. The van der Waals surface area contributed by atoms with Crippen molar-refractivity contribution in [3.05, 3.63) is 89.0 Å².